The van der Waals surface area contributed by atoms with Gasteiger partial charge in [-0.05, 0) is 27.7 Å². The lowest BCUT2D eigenvalue weighted by atomic mass is 10.2. The van der Waals surface area contributed by atoms with Crippen LogP contribution in [-0.2, 0) is 4.74 Å². The Morgan fingerprint density at radius 3 is 2.47 bits per heavy atom. The summed E-state index contributed by atoms with van der Waals surface area (Å²) in [7, 11) is 0. The van der Waals surface area contributed by atoms with Crippen LogP contribution in [-0.4, -0.2) is 37.5 Å². The predicted molar refractivity (Wildman–Crippen MR) is 57.7 cm³/mol. The number of amides is 1. The average Bonchev–Trinajstić information content (AvgIpc) is 2.09. The highest BCUT2D eigenvalue weighted by Gasteiger charge is 2.15. The van der Waals surface area contributed by atoms with Crippen LogP contribution in [0, 0.1) is 0 Å². The molecule has 0 aliphatic heterocycles. The van der Waals surface area contributed by atoms with Crippen molar-refractivity contribution in [1.29, 1.82) is 0 Å². The summed E-state index contributed by atoms with van der Waals surface area (Å²) >= 11 is 0. The molecule has 0 bridgehead atoms. The minimum atomic E-state index is -0.482. The number of hydrogen-bond donors (Lipinski definition) is 2. The number of rotatable bonds is 5. The van der Waals surface area contributed by atoms with Gasteiger partial charge in [0.2, 0.25) is 0 Å². The summed E-state index contributed by atoms with van der Waals surface area (Å²) in [4.78, 5) is 11.1. The summed E-state index contributed by atoms with van der Waals surface area (Å²) in [6.07, 6.45) is -0.447. The zero-order valence-electron chi connectivity index (χ0n) is 9.89. The maximum atomic E-state index is 12.0. The van der Waals surface area contributed by atoms with Crippen LogP contribution >= 0.6 is 0 Å². The number of carbonyl (C=O) groups excluding carboxylic acids is 1. The first kappa shape index (κ1) is 14.2. The van der Waals surface area contributed by atoms with E-state index in [1.807, 2.05) is 0 Å². The van der Waals surface area contributed by atoms with Crippen molar-refractivity contribution < 1.29 is 13.9 Å². The van der Waals surface area contributed by atoms with E-state index in [1.54, 1.807) is 27.7 Å². The Balaban J connectivity index is 3.48. The maximum Gasteiger partial charge on any atom is 0.407 e. The normalized spacial score (nSPS) is 13.4. The van der Waals surface area contributed by atoms with Gasteiger partial charge in [0.15, 0.2) is 0 Å². The number of halogens is 1. The Labute approximate surface area is 90.6 Å². The van der Waals surface area contributed by atoms with Gasteiger partial charge in [-0.1, -0.05) is 0 Å². The average molecular weight is 220 g/mol. The van der Waals surface area contributed by atoms with E-state index in [9.17, 15) is 9.18 Å². The molecular formula is C10H21FN2O2. The van der Waals surface area contributed by atoms with Crippen LogP contribution in [0.5, 0.6) is 0 Å². The van der Waals surface area contributed by atoms with Gasteiger partial charge in [-0.3, -0.25) is 0 Å². The highest BCUT2D eigenvalue weighted by Crippen LogP contribution is 2.05. The summed E-state index contributed by atoms with van der Waals surface area (Å²) < 4.78 is 17.0. The third-order valence-corrected chi connectivity index (χ3v) is 1.52. The van der Waals surface area contributed by atoms with E-state index in [0.29, 0.717) is 13.1 Å². The smallest absolute Gasteiger partial charge is 0.407 e. The molecular weight excluding hydrogens is 199 g/mol. The largest absolute Gasteiger partial charge is 0.444 e. The van der Waals surface area contributed by atoms with E-state index in [-0.39, 0.29) is 6.04 Å². The highest BCUT2D eigenvalue weighted by atomic mass is 19.1. The van der Waals surface area contributed by atoms with Gasteiger partial charge in [0.1, 0.15) is 12.3 Å². The first-order valence-corrected chi connectivity index (χ1v) is 5.11. The minimum absolute atomic E-state index is 0.176. The fraction of sp³-hybridized carbons (Fsp3) is 0.900. The Kier molecular flexibility index (Phi) is 6.24. The van der Waals surface area contributed by atoms with Gasteiger partial charge in [-0.15, -0.1) is 0 Å². The molecule has 0 aliphatic rings. The van der Waals surface area contributed by atoms with Gasteiger partial charge in [0.05, 0.1) is 0 Å². The molecule has 0 spiro atoms. The maximum absolute atomic E-state index is 12.0. The molecule has 2 N–H and O–H groups in total. The van der Waals surface area contributed by atoms with Gasteiger partial charge < -0.3 is 15.4 Å². The van der Waals surface area contributed by atoms with Crippen molar-refractivity contribution in [2.75, 3.05) is 19.8 Å². The molecule has 15 heavy (non-hydrogen) atoms. The molecule has 0 radical (unpaired) electrons. The lowest BCUT2D eigenvalue weighted by Gasteiger charge is -2.19. The highest BCUT2D eigenvalue weighted by molar-refractivity contribution is 5.67. The van der Waals surface area contributed by atoms with Crippen molar-refractivity contribution in [3.05, 3.63) is 0 Å². The van der Waals surface area contributed by atoms with Crippen LogP contribution in [0.1, 0.15) is 27.7 Å². The second kappa shape index (κ2) is 6.61. The lowest BCUT2D eigenvalue weighted by Crippen LogP contribution is -2.39. The molecule has 1 amide bonds. The van der Waals surface area contributed by atoms with Gasteiger partial charge in [0, 0.05) is 19.1 Å². The Bertz CT molecular complexity index is 192. The number of alkyl carbamates (subject to hydrolysis) is 1. The molecule has 1 atom stereocenters. The monoisotopic (exact) mass is 220 g/mol. The van der Waals surface area contributed by atoms with Crippen molar-refractivity contribution in [2.24, 2.45) is 0 Å². The topological polar surface area (TPSA) is 50.4 Å². The quantitative estimate of drug-likeness (QED) is 0.690. The molecule has 0 fully saturated rings. The summed E-state index contributed by atoms with van der Waals surface area (Å²) in [5.41, 5.74) is -0.482. The molecule has 0 heterocycles. The third kappa shape index (κ3) is 9.46. The Morgan fingerprint density at radius 1 is 1.40 bits per heavy atom. The summed E-state index contributed by atoms with van der Waals surface area (Å²) in [5.74, 6) is 0. The van der Waals surface area contributed by atoms with Crippen LogP contribution in [0.2, 0.25) is 0 Å². The fourth-order valence-electron chi connectivity index (χ4n) is 0.852. The van der Waals surface area contributed by atoms with Crippen LogP contribution in [0.15, 0.2) is 0 Å². The number of carbonyl (C=O) groups is 1. The number of nitrogens with one attached hydrogen (secondary N) is 2. The zero-order valence-corrected chi connectivity index (χ0v) is 9.89. The van der Waals surface area contributed by atoms with Gasteiger partial charge in [0.25, 0.3) is 0 Å². The Morgan fingerprint density at radius 2 is 2.00 bits per heavy atom. The predicted octanol–water partition coefficient (Wildman–Crippen LogP) is 1.46. The van der Waals surface area contributed by atoms with Crippen molar-refractivity contribution in [3.8, 4) is 0 Å². The molecule has 1 unspecified atom stereocenters. The molecule has 5 heteroatoms. The first-order chi connectivity index (χ1) is 6.85. The van der Waals surface area contributed by atoms with E-state index >= 15 is 0 Å². The second-order valence-corrected chi connectivity index (χ2v) is 4.44. The SMILES string of the molecule is CC(CF)NCCNC(=O)OC(C)(C)C. The Hall–Kier alpha value is -0.840. The van der Waals surface area contributed by atoms with Gasteiger partial charge >= 0.3 is 6.09 Å². The molecule has 0 saturated heterocycles. The van der Waals surface area contributed by atoms with Crippen LogP contribution < -0.4 is 10.6 Å². The third-order valence-electron chi connectivity index (χ3n) is 1.52. The van der Waals surface area contributed by atoms with Crippen LogP contribution in [0.3, 0.4) is 0 Å². The molecule has 0 aromatic heterocycles. The standard InChI is InChI=1S/C10H21FN2O2/c1-8(7-11)12-5-6-13-9(14)15-10(2,3)4/h8,12H,5-7H2,1-4H3,(H,13,14). The molecule has 0 rings (SSSR count). The molecule has 0 aromatic carbocycles. The van der Waals surface area contributed by atoms with Gasteiger partial charge in [-0.25, -0.2) is 9.18 Å². The first-order valence-electron chi connectivity index (χ1n) is 5.11. The molecule has 0 aliphatic carbocycles. The zero-order chi connectivity index (χ0) is 11.9. The van der Waals surface area contributed by atoms with Crippen molar-refractivity contribution in [3.63, 3.8) is 0 Å². The van der Waals surface area contributed by atoms with Crippen LogP contribution in [0.4, 0.5) is 9.18 Å². The molecule has 0 saturated carbocycles. The molecule has 90 valence electrons. The fourth-order valence-corrected chi connectivity index (χ4v) is 0.852. The lowest BCUT2D eigenvalue weighted by molar-refractivity contribution is 0.0528. The van der Waals surface area contributed by atoms with E-state index in [2.05, 4.69) is 10.6 Å². The van der Waals surface area contributed by atoms with E-state index in [0.717, 1.165) is 0 Å². The number of alkyl halides is 1. The van der Waals surface area contributed by atoms with Crippen molar-refractivity contribution in [2.45, 2.75) is 39.3 Å². The van der Waals surface area contributed by atoms with Crippen molar-refractivity contribution in [1.82, 2.24) is 10.6 Å². The van der Waals surface area contributed by atoms with E-state index < -0.39 is 18.4 Å². The second-order valence-electron chi connectivity index (χ2n) is 4.44. The number of hydrogen-bond acceptors (Lipinski definition) is 3. The van der Waals surface area contributed by atoms with Crippen molar-refractivity contribution >= 4 is 6.09 Å². The molecule has 0 aromatic rings. The van der Waals surface area contributed by atoms with E-state index in [4.69, 9.17) is 4.74 Å². The van der Waals surface area contributed by atoms with E-state index in [1.165, 1.54) is 0 Å². The number of ether oxygens (including phenoxy) is 1. The van der Waals surface area contributed by atoms with Gasteiger partial charge in [-0.2, -0.15) is 0 Å². The summed E-state index contributed by atoms with van der Waals surface area (Å²) in [5, 5.41) is 5.48. The molecule has 4 nitrogen and oxygen atoms in total. The van der Waals surface area contributed by atoms with Crippen LogP contribution in [0.25, 0.3) is 0 Å². The summed E-state index contributed by atoms with van der Waals surface area (Å²) in [6, 6.07) is -0.176. The summed E-state index contributed by atoms with van der Waals surface area (Å²) in [6.45, 7) is 7.70. The minimum Gasteiger partial charge on any atom is -0.444 e.